The first-order valence-electron chi connectivity index (χ1n) is 13.1. The molecule has 0 spiro atoms. The topological polar surface area (TPSA) is 63.4 Å². The van der Waals surface area contributed by atoms with Crippen molar-refractivity contribution in [3.05, 3.63) is 21.8 Å². The molecule has 9 atom stereocenters. The van der Waals surface area contributed by atoms with Crippen LogP contribution < -0.4 is 0 Å². The standard InChI is InChI=1S/C27H45NO3/c1-17(2)7-6-8-18(3)25-24(28(30)31)16-23-21-10-9-19-15-20(29)11-13-26(19,4)22(21)12-14-27(23,25)5/h9,17-18,20-25,29H,6-8,10-16H2,1-5H3/t18-,20+,21-,22+,23+,24?,25+,26+,27+/m1/s1. The average molecular weight is 432 g/mol. The van der Waals surface area contributed by atoms with Crippen LogP contribution in [0.2, 0.25) is 0 Å². The normalized spacial score (nSPS) is 45.5. The maximum absolute atomic E-state index is 12.2. The summed E-state index contributed by atoms with van der Waals surface area (Å²) < 4.78 is 0. The SMILES string of the molecule is CC(C)CCC[C@@H](C)[C@H]1C([N+](=O)[O-])C[C@H]2[C@@H]3CC=C4C[C@@H](O)CC[C@]4(C)[C@H]3CC[C@]12C. The van der Waals surface area contributed by atoms with Crippen molar-refractivity contribution in [3.63, 3.8) is 0 Å². The van der Waals surface area contributed by atoms with Gasteiger partial charge in [0, 0.05) is 17.3 Å². The first-order valence-corrected chi connectivity index (χ1v) is 13.1. The number of nitro groups is 1. The molecule has 1 unspecified atom stereocenters. The Bertz CT molecular complexity index is 717. The summed E-state index contributed by atoms with van der Waals surface area (Å²) in [5, 5.41) is 22.5. The van der Waals surface area contributed by atoms with Gasteiger partial charge in [-0.05, 0) is 78.9 Å². The summed E-state index contributed by atoms with van der Waals surface area (Å²) in [6.45, 7) is 11.7. The van der Waals surface area contributed by atoms with E-state index in [2.05, 4.69) is 40.7 Å². The Labute approximate surface area is 189 Å². The van der Waals surface area contributed by atoms with Crippen LogP contribution in [0.15, 0.2) is 11.6 Å². The van der Waals surface area contributed by atoms with E-state index in [1.165, 1.54) is 24.8 Å². The van der Waals surface area contributed by atoms with Gasteiger partial charge in [-0.3, -0.25) is 10.1 Å². The van der Waals surface area contributed by atoms with E-state index < -0.39 is 0 Å². The van der Waals surface area contributed by atoms with Crippen LogP contribution in [0, 0.1) is 56.5 Å². The van der Waals surface area contributed by atoms with Crippen molar-refractivity contribution in [1.82, 2.24) is 0 Å². The Balaban J connectivity index is 1.59. The Morgan fingerprint density at radius 3 is 2.58 bits per heavy atom. The minimum absolute atomic E-state index is 0.0883. The number of allylic oxidation sites excluding steroid dienone is 1. The van der Waals surface area contributed by atoms with Gasteiger partial charge in [-0.25, -0.2) is 0 Å². The van der Waals surface area contributed by atoms with E-state index in [4.69, 9.17) is 0 Å². The quantitative estimate of drug-likeness (QED) is 0.291. The van der Waals surface area contributed by atoms with E-state index in [1.54, 1.807) is 0 Å². The highest BCUT2D eigenvalue weighted by Gasteiger charge is 2.64. The Hall–Kier alpha value is -0.900. The summed E-state index contributed by atoms with van der Waals surface area (Å²) in [4.78, 5) is 12.3. The van der Waals surface area contributed by atoms with Crippen molar-refractivity contribution in [2.45, 2.75) is 111 Å². The third-order valence-electron chi connectivity index (χ3n) is 10.5. The molecule has 1 N–H and O–H groups in total. The number of aliphatic hydroxyl groups is 1. The van der Waals surface area contributed by atoms with Crippen molar-refractivity contribution in [1.29, 1.82) is 0 Å². The van der Waals surface area contributed by atoms with Crippen molar-refractivity contribution < 1.29 is 10.0 Å². The van der Waals surface area contributed by atoms with Crippen LogP contribution >= 0.6 is 0 Å². The fourth-order valence-electron chi connectivity index (χ4n) is 8.97. The summed E-state index contributed by atoms with van der Waals surface area (Å²) in [6, 6.07) is -0.367. The van der Waals surface area contributed by atoms with E-state index in [0.717, 1.165) is 44.9 Å². The van der Waals surface area contributed by atoms with Crippen molar-refractivity contribution in [3.8, 4) is 0 Å². The molecular formula is C27H45NO3. The summed E-state index contributed by atoms with van der Waals surface area (Å²) >= 11 is 0. The molecule has 31 heavy (non-hydrogen) atoms. The lowest BCUT2D eigenvalue weighted by Gasteiger charge is -2.58. The third kappa shape index (κ3) is 3.89. The highest BCUT2D eigenvalue weighted by molar-refractivity contribution is 5.25. The van der Waals surface area contributed by atoms with Crippen molar-refractivity contribution in [2.75, 3.05) is 0 Å². The molecule has 0 heterocycles. The number of hydrogen-bond donors (Lipinski definition) is 1. The molecule has 0 saturated heterocycles. The Morgan fingerprint density at radius 1 is 1.16 bits per heavy atom. The molecule has 0 amide bonds. The van der Waals surface area contributed by atoms with Crippen LogP contribution in [0.1, 0.15) is 98.8 Å². The van der Waals surface area contributed by atoms with E-state index >= 15 is 0 Å². The summed E-state index contributed by atoms with van der Waals surface area (Å²) in [5.41, 5.74) is 1.79. The summed E-state index contributed by atoms with van der Waals surface area (Å²) in [6.07, 6.45) is 12.9. The number of rotatable bonds is 6. The lowest BCUT2D eigenvalue weighted by atomic mass is 9.47. The zero-order valence-electron chi connectivity index (χ0n) is 20.5. The van der Waals surface area contributed by atoms with Gasteiger partial charge < -0.3 is 5.11 Å². The maximum Gasteiger partial charge on any atom is 0.217 e. The van der Waals surface area contributed by atoms with Gasteiger partial charge in [0.05, 0.1) is 6.10 Å². The van der Waals surface area contributed by atoms with Gasteiger partial charge in [-0.2, -0.15) is 0 Å². The Kier molecular flexibility index (Phi) is 6.35. The molecule has 4 nitrogen and oxygen atoms in total. The first-order chi connectivity index (χ1) is 14.6. The molecule has 3 fully saturated rings. The zero-order valence-corrected chi connectivity index (χ0v) is 20.5. The molecule has 4 rings (SSSR count). The van der Waals surface area contributed by atoms with Crippen molar-refractivity contribution >= 4 is 0 Å². The van der Waals surface area contributed by atoms with E-state index in [9.17, 15) is 15.2 Å². The van der Waals surface area contributed by atoms with Gasteiger partial charge in [-0.1, -0.05) is 65.5 Å². The fourth-order valence-corrected chi connectivity index (χ4v) is 8.97. The van der Waals surface area contributed by atoms with Crippen LogP contribution in [-0.4, -0.2) is 22.2 Å². The zero-order chi connectivity index (χ0) is 22.6. The van der Waals surface area contributed by atoms with Gasteiger partial charge in [0.25, 0.3) is 0 Å². The fraction of sp³-hybridized carbons (Fsp3) is 0.926. The Morgan fingerprint density at radius 2 is 1.90 bits per heavy atom. The average Bonchev–Trinajstić information content (AvgIpc) is 3.01. The minimum atomic E-state index is -0.367. The van der Waals surface area contributed by atoms with Crippen LogP contribution in [0.5, 0.6) is 0 Å². The lowest BCUT2D eigenvalue weighted by molar-refractivity contribution is -0.532. The van der Waals surface area contributed by atoms with Gasteiger partial charge in [0.1, 0.15) is 0 Å². The molecule has 0 bridgehead atoms. The van der Waals surface area contributed by atoms with Gasteiger partial charge in [0.2, 0.25) is 6.04 Å². The van der Waals surface area contributed by atoms with Gasteiger partial charge >= 0.3 is 0 Å². The maximum atomic E-state index is 12.2. The number of aliphatic hydroxyl groups excluding tert-OH is 1. The molecule has 0 aliphatic heterocycles. The molecule has 4 heteroatoms. The first kappa shape index (κ1) is 23.3. The van der Waals surface area contributed by atoms with Crippen molar-refractivity contribution in [2.24, 2.45) is 46.3 Å². The third-order valence-corrected chi connectivity index (χ3v) is 10.5. The van der Waals surface area contributed by atoms with Crippen LogP contribution in [0.3, 0.4) is 0 Å². The molecule has 176 valence electrons. The smallest absolute Gasteiger partial charge is 0.217 e. The second-order valence-corrected chi connectivity index (χ2v) is 12.6. The van der Waals surface area contributed by atoms with E-state index in [0.29, 0.717) is 29.6 Å². The highest BCUT2D eigenvalue weighted by Crippen LogP contribution is 2.67. The largest absolute Gasteiger partial charge is 0.393 e. The molecule has 0 aromatic heterocycles. The molecule has 4 aliphatic carbocycles. The molecule has 3 saturated carbocycles. The predicted molar refractivity (Wildman–Crippen MR) is 125 cm³/mol. The summed E-state index contributed by atoms with van der Waals surface area (Å²) in [5.74, 6) is 3.04. The van der Waals surface area contributed by atoms with Gasteiger partial charge in [0.15, 0.2) is 0 Å². The molecule has 4 aliphatic rings. The number of nitrogens with zero attached hydrogens (tertiary/aromatic N) is 1. The minimum Gasteiger partial charge on any atom is -0.393 e. The molecule has 0 aromatic rings. The van der Waals surface area contributed by atoms with Gasteiger partial charge in [-0.15, -0.1) is 0 Å². The van der Waals surface area contributed by atoms with Crippen LogP contribution in [0.25, 0.3) is 0 Å². The highest BCUT2D eigenvalue weighted by atomic mass is 16.6. The number of hydrogen-bond acceptors (Lipinski definition) is 3. The number of fused-ring (bicyclic) bond motifs is 5. The second kappa shape index (κ2) is 8.47. The van der Waals surface area contributed by atoms with Crippen LogP contribution in [-0.2, 0) is 0 Å². The van der Waals surface area contributed by atoms with E-state index in [1.807, 2.05) is 0 Å². The second-order valence-electron chi connectivity index (χ2n) is 12.6. The monoisotopic (exact) mass is 431 g/mol. The molecular weight excluding hydrogens is 386 g/mol. The van der Waals surface area contributed by atoms with Crippen LogP contribution in [0.4, 0.5) is 0 Å². The predicted octanol–water partition coefficient (Wildman–Crippen LogP) is 6.64. The van der Waals surface area contributed by atoms with E-state index in [-0.39, 0.29) is 33.8 Å². The molecule has 0 radical (unpaired) electrons. The molecule has 0 aromatic carbocycles. The lowest BCUT2D eigenvalue weighted by Crippen LogP contribution is -2.51. The summed E-state index contributed by atoms with van der Waals surface area (Å²) in [7, 11) is 0.